The van der Waals surface area contributed by atoms with Gasteiger partial charge in [-0.05, 0) is 56.4 Å². The van der Waals surface area contributed by atoms with Crippen molar-refractivity contribution < 1.29 is 23.0 Å². The van der Waals surface area contributed by atoms with Gasteiger partial charge in [-0.1, -0.05) is 31.2 Å². The average Bonchev–Trinajstić information content (AvgIpc) is 3.08. The third kappa shape index (κ3) is 4.58. The number of aryl methyl sites for hydroxylation is 1. The topological polar surface area (TPSA) is 54.4 Å². The molecule has 2 atom stereocenters. The van der Waals surface area contributed by atoms with E-state index in [1.165, 1.54) is 0 Å². The number of nitrogens with one attached hydrogen (secondary N) is 1. The van der Waals surface area contributed by atoms with Crippen LogP contribution in [0.4, 0.5) is 18.9 Å². The molecule has 0 saturated carbocycles. The average molecular weight is 491 g/mol. The monoisotopic (exact) mass is 490 g/mol. The minimum atomic E-state index is -4.89. The molecule has 8 heteroatoms. The minimum Gasteiger partial charge on any atom is -0.487 e. The molecule has 0 amide bonds. The number of pyridine rings is 1. The Kier molecular flexibility index (Phi) is 6.50. The first-order valence-corrected chi connectivity index (χ1v) is 12.4. The van der Waals surface area contributed by atoms with E-state index in [1.807, 2.05) is 45.0 Å². The number of hydrogen-bond donors (Lipinski definition) is 2. The minimum absolute atomic E-state index is 0.289. The van der Waals surface area contributed by atoms with E-state index >= 15 is 0 Å². The molecule has 182 valence electrons. The van der Waals surface area contributed by atoms with Gasteiger partial charge in [0.2, 0.25) is 0 Å². The van der Waals surface area contributed by atoms with Gasteiger partial charge in [0.1, 0.15) is 11.4 Å². The van der Waals surface area contributed by atoms with Crippen LogP contribution in [0.3, 0.4) is 0 Å². The Bertz CT molecular complexity index is 1200. The molecular formula is C26H29F3N2O2S. The molecule has 2 heterocycles. The molecule has 3 aromatic rings. The molecule has 34 heavy (non-hydrogen) atoms. The summed E-state index contributed by atoms with van der Waals surface area (Å²) in [6.07, 6.45) is -4.31. The molecule has 0 bridgehead atoms. The van der Waals surface area contributed by atoms with Gasteiger partial charge in [-0.25, -0.2) is 0 Å². The Hall–Kier alpha value is -2.45. The fourth-order valence-corrected chi connectivity index (χ4v) is 5.29. The summed E-state index contributed by atoms with van der Waals surface area (Å²) in [5.74, 6) is 0.335. The van der Waals surface area contributed by atoms with Gasteiger partial charge in [-0.2, -0.15) is 24.9 Å². The molecule has 1 aliphatic rings. The van der Waals surface area contributed by atoms with Gasteiger partial charge in [-0.3, -0.25) is 4.98 Å². The van der Waals surface area contributed by atoms with Crippen LogP contribution < -0.4 is 10.1 Å². The fraction of sp³-hybridized carbons (Fsp3) is 0.423. The summed E-state index contributed by atoms with van der Waals surface area (Å²) in [5.41, 5.74) is -0.526. The maximum absolute atomic E-state index is 14.6. The van der Waals surface area contributed by atoms with Gasteiger partial charge in [0.25, 0.3) is 0 Å². The molecule has 1 aromatic heterocycles. The third-order valence-electron chi connectivity index (χ3n) is 6.10. The molecule has 1 aliphatic heterocycles. The number of rotatable bonds is 7. The normalized spacial score (nSPS) is 17.6. The summed E-state index contributed by atoms with van der Waals surface area (Å²) in [6, 6.07) is 12.6. The first-order valence-electron chi connectivity index (χ1n) is 11.3. The van der Waals surface area contributed by atoms with Crippen molar-refractivity contribution in [2.24, 2.45) is 0 Å². The van der Waals surface area contributed by atoms with Crippen molar-refractivity contribution in [1.82, 2.24) is 4.98 Å². The molecule has 2 unspecified atom stereocenters. The number of alkyl halides is 3. The van der Waals surface area contributed by atoms with E-state index < -0.39 is 29.2 Å². The highest BCUT2D eigenvalue weighted by Crippen LogP contribution is 2.49. The lowest BCUT2D eigenvalue weighted by atomic mass is 9.87. The molecule has 4 rings (SSSR count). The largest absolute Gasteiger partial charge is 0.487 e. The van der Waals surface area contributed by atoms with Crippen LogP contribution >= 0.6 is 11.8 Å². The predicted octanol–water partition coefficient (Wildman–Crippen LogP) is 6.46. The number of ether oxygens (including phenoxy) is 1. The number of thioether (sulfide) groups is 1. The number of fused-ring (bicyclic) bond motifs is 2. The Morgan fingerprint density at radius 1 is 1.15 bits per heavy atom. The second kappa shape index (κ2) is 8.96. The number of para-hydroxylation sites is 1. The van der Waals surface area contributed by atoms with Crippen molar-refractivity contribution in [3.63, 3.8) is 0 Å². The first-order chi connectivity index (χ1) is 15.9. The molecule has 0 saturated heterocycles. The summed E-state index contributed by atoms with van der Waals surface area (Å²) < 4.78 is 49.9. The summed E-state index contributed by atoms with van der Waals surface area (Å²) in [5, 5.41) is 15.1. The van der Waals surface area contributed by atoms with Gasteiger partial charge in [0.05, 0.1) is 11.6 Å². The van der Waals surface area contributed by atoms with E-state index in [-0.39, 0.29) is 5.56 Å². The van der Waals surface area contributed by atoms with E-state index in [9.17, 15) is 18.3 Å². The Balaban J connectivity index is 1.90. The van der Waals surface area contributed by atoms with Crippen molar-refractivity contribution in [2.45, 2.75) is 57.5 Å². The van der Waals surface area contributed by atoms with Crippen molar-refractivity contribution in [2.75, 3.05) is 16.8 Å². The van der Waals surface area contributed by atoms with Crippen LogP contribution in [0.2, 0.25) is 0 Å². The Labute approximate surface area is 201 Å². The zero-order valence-corrected chi connectivity index (χ0v) is 20.5. The van der Waals surface area contributed by atoms with Crippen LogP contribution in [0.5, 0.6) is 5.75 Å². The number of aromatic nitrogens is 1. The standard InChI is InChI=1S/C26H29F3N2O2S/c1-5-34-15-25(32,26(27,28)29)23(19-9-6-8-17-14-24(3,4)33-22(17)19)31-21-11-7-10-20-18(21)13-12-16(2)30-20/h6-13,23,31-32H,5,14-15H2,1-4H3. The maximum Gasteiger partial charge on any atom is 0.420 e. The van der Waals surface area contributed by atoms with Crippen molar-refractivity contribution in [1.29, 1.82) is 0 Å². The number of hydrogen-bond acceptors (Lipinski definition) is 5. The molecule has 0 radical (unpaired) electrons. The molecular weight excluding hydrogens is 461 g/mol. The highest BCUT2D eigenvalue weighted by Gasteiger charge is 2.60. The van der Waals surface area contributed by atoms with Crippen LogP contribution in [0, 0.1) is 6.92 Å². The lowest BCUT2D eigenvalue weighted by molar-refractivity contribution is -0.256. The number of halogens is 3. The van der Waals surface area contributed by atoms with Gasteiger partial charge < -0.3 is 15.2 Å². The number of anilines is 1. The Morgan fingerprint density at radius 3 is 2.59 bits per heavy atom. The van der Waals surface area contributed by atoms with Crippen molar-refractivity contribution in [3.05, 3.63) is 65.4 Å². The summed E-state index contributed by atoms with van der Waals surface area (Å²) in [7, 11) is 0. The van der Waals surface area contributed by atoms with Gasteiger partial charge in [0, 0.05) is 34.5 Å². The lowest BCUT2D eigenvalue weighted by Crippen LogP contribution is -2.54. The molecule has 0 aliphatic carbocycles. The van der Waals surface area contributed by atoms with E-state index in [0.717, 1.165) is 23.0 Å². The summed E-state index contributed by atoms with van der Waals surface area (Å²) in [4.78, 5) is 4.50. The van der Waals surface area contributed by atoms with Crippen LogP contribution in [0.1, 0.15) is 43.6 Å². The van der Waals surface area contributed by atoms with E-state index in [0.29, 0.717) is 34.5 Å². The van der Waals surface area contributed by atoms with Crippen molar-refractivity contribution in [3.8, 4) is 5.75 Å². The number of benzene rings is 2. The zero-order chi connectivity index (χ0) is 24.7. The van der Waals surface area contributed by atoms with Gasteiger partial charge in [0.15, 0.2) is 5.60 Å². The predicted molar refractivity (Wildman–Crippen MR) is 132 cm³/mol. The zero-order valence-electron chi connectivity index (χ0n) is 19.7. The second-order valence-corrected chi connectivity index (χ2v) is 10.6. The fourth-order valence-electron chi connectivity index (χ4n) is 4.45. The number of nitrogens with zero attached hydrogens (tertiary/aromatic N) is 1. The van der Waals surface area contributed by atoms with Crippen LogP contribution in [-0.4, -0.2) is 39.0 Å². The van der Waals surface area contributed by atoms with Gasteiger partial charge in [-0.15, -0.1) is 0 Å². The van der Waals surface area contributed by atoms with E-state index in [2.05, 4.69) is 10.3 Å². The van der Waals surface area contributed by atoms with Gasteiger partial charge >= 0.3 is 6.18 Å². The summed E-state index contributed by atoms with van der Waals surface area (Å²) in [6.45, 7) is 7.44. The molecule has 2 N–H and O–H groups in total. The lowest BCUT2D eigenvalue weighted by Gasteiger charge is -2.39. The molecule has 2 aromatic carbocycles. The second-order valence-electron chi connectivity index (χ2n) is 9.34. The van der Waals surface area contributed by atoms with Crippen molar-refractivity contribution >= 4 is 28.4 Å². The maximum atomic E-state index is 14.6. The SMILES string of the molecule is CCSCC(O)(C(Nc1cccc2nc(C)ccc12)c1cccc2c1OC(C)(C)C2)C(F)(F)F. The summed E-state index contributed by atoms with van der Waals surface area (Å²) >= 11 is 1.05. The highest BCUT2D eigenvalue weighted by molar-refractivity contribution is 7.99. The third-order valence-corrected chi connectivity index (χ3v) is 7.15. The molecule has 0 fully saturated rings. The Morgan fingerprint density at radius 2 is 1.88 bits per heavy atom. The van der Waals surface area contributed by atoms with E-state index in [4.69, 9.17) is 4.74 Å². The van der Waals surface area contributed by atoms with E-state index in [1.54, 1.807) is 31.2 Å². The quantitative estimate of drug-likeness (QED) is 0.398. The van der Waals surface area contributed by atoms with Crippen LogP contribution in [0.15, 0.2) is 48.5 Å². The smallest absolute Gasteiger partial charge is 0.420 e. The number of aliphatic hydroxyl groups is 1. The van der Waals surface area contributed by atoms with Crippen LogP contribution in [0.25, 0.3) is 10.9 Å². The highest BCUT2D eigenvalue weighted by atomic mass is 32.2. The van der Waals surface area contributed by atoms with Crippen LogP contribution in [-0.2, 0) is 6.42 Å². The molecule has 0 spiro atoms. The molecule has 4 nitrogen and oxygen atoms in total. The first kappa shape index (κ1) is 24.7.